The largest absolute Gasteiger partial charge is 0.484 e. The number of amides is 2. The monoisotopic (exact) mass is 342 g/mol. The van der Waals surface area contributed by atoms with E-state index in [-0.39, 0.29) is 6.61 Å². The molecular formula is C19H22N2O4. The summed E-state index contributed by atoms with van der Waals surface area (Å²) in [4.78, 5) is 23.9. The molecule has 132 valence electrons. The number of benzene rings is 2. The first-order valence-corrected chi connectivity index (χ1v) is 8.08. The highest BCUT2D eigenvalue weighted by Crippen LogP contribution is 2.15. The van der Waals surface area contributed by atoms with E-state index in [1.165, 1.54) is 0 Å². The second-order valence-electron chi connectivity index (χ2n) is 5.47. The Morgan fingerprint density at radius 3 is 2.40 bits per heavy atom. The van der Waals surface area contributed by atoms with Crippen LogP contribution in [0.4, 0.5) is 0 Å². The number of ether oxygens (including phenoxy) is 2. The first kappa shape index (κ1) is 18.3. The molecule has 0 radical (unpaired) electrons. The Kier molecular flexibility index (Phi) is 6.83. The van der Waals surface area contributed by atoms with Crippen LogP contribution in [0.15, 0.2) is 54.6 Å². The zero-order chi connectivity index (χ0) is 18.1. The first-order chi connectivity index (χ1) is 12.1. The highest BCUT2D eigenvalue weighted by molar-refractivity contribution is 5.85. The average Bonchev–Trinajstić information content (AvgIpc) is 2.63. The van der Waals surface area contributed by atoms with Crippen LogP contribution in [0.25, 0.3) is 0 Å². The van der Waals surface area contributed by atoms with E-state index in [4.69, 9.17) is 9.47 Å². The summed E-state index contributed by atoms with van der Waals surface area (Å²) < 4.78 is 11.0. The highest BCUT2D eigenvalue weighted by atomic mass is 16.5. The van der Waals surface area contributed by atoms with Gasteiger partial charge in [-0.3, -0.25) is 20.4 Å². The van der Waals surface area contributed by atoms with Gasteiger partial charge in [0, 0.05) is 0 Å². The molecule has 2 rings (SSSR count). The maximum atomic E-state index is 12.2. The lowest BCUT2D eigenvalue weighted by Crippen LogP contribution is -2.49. The Morgan fingerprint density at radius 1 is 1.00 bits per heavy atom. The summed E-state index contributed by atoms with van der Waals surface area (Å²) in [5, 5.41) is 0. The smallest absolute Gasteiger partial charge is 0.279 e. The van der Waals surface area contributed by atoms with Gasteiger partial charge in [0.15, 0.2) is 12.7 Å². The second kappa shape index (κ2) is 9.32. The van der Waals surface area contributed by atoms with Crippen molar-refractivity contribution in [2.24, 2.45) is 0 Å². The second-order valence-corrected chi connectivity index (χ2v) is 5.47. The summed E-state index contributed by atoms with van der Waals surface area (Å²) >= 11 is 0. The molecule has 0 aliphatic carbocycles. The Hall–Kier alpha value is -3.02. The molecule has 0 aliphatic rings. The maximum Gasteiger partial charge on any atom is 0.279 e. The number of carbonyl (C=O) groups is 2. The number of hydrazine groups is 1. The molecule has 25 heavy (non-hydrogen) atoms. The van der Waals surface area contributed by atoms with Gasteiger partial charge in [-0.15, -0.1) is 0 Å². The molecule has 0 bridgehead atoms. The fourth-order valence-electron chi connectivity index (χ4n) is 2.09. The number of carbonyl (C=O) groups excluding carboxylic acids is 2. The Balaban J connectivity index is 1.78. The van der Waals surface area contributed by atoms with Crippen LogP contribution in [0.3, 0.4) is 0 Å². The van der Waals surface area contributed by atoms with E-state index < -0.39 is 17.9 Å². The van der Waals surface area contributed by atoms with Gasteiger partial charge in [0.25, 0.3) is 11.8 Å². The topological polar surface area (TPSA) is 76.7 Å². The van der Waals surface area contributed by atoms with Gasteiger partial charge in [0.1, 0.15) is 11.5 Å². The molecule has 0 aliphatic heterocycles. The van der Waals surface area contributed by atoms with Crippen molar-refractivity contribution < 1.29 is 19.1 Å². The van der Waals surface area contributed by atoms with Crippen molar-refractivity contribution >= 4 is 11.8 Å². The van der Waals surface area contributed by atoms with Crippen molar-refractivity contribution in [2.45, 2.75) is 26.4 Å². The number of nitrogens with one attached hydrogen (secondary N) is 2. The first-order valence-electron chi connectivity index (χ1n) is 8.08. The fraction of sp³-hybridized carbons (Fsp3) is 0.263. The lowest BCUT2D eigenvalue weighted by Gasteiger charge is -2.18. The normalized spacial score (nSPS) is 11.3. The molecule has 0 aromatic heterocycles. The molecule has 2 N–H and O–H groups in total. The van der Waals surface area contributed by atoms with Crippen molar-refractivity contribution in [2.75, 3.05) is 6.61 Å². The van der Waals surface area contributed by atoms with Crippen molar-refractivity contribution in [3.8, 4) is 11.5 Å². The summed E-state index contributed by atoms with van der Waals surface area (Å²) in [6.07, 6.45) is -0.229. The van der Waals surface area contributed by atoms with Crippen LogP contribution in [0.1, 0.15) is 18.9 Å². The van der Waals surface area contributed by atoms with Gasteiger partial charge in [-0.1, -0.05) is 37.3 Å². The molecule has 6 heteroatoms. The predicted octanol–water partition coefficient (Wildman–Crippen LogP) is 2.38. The fourth-order valence-corrected chi connectivity index (χ4v) is 2.09. The zero-order valence-electron chi connectivity index (χ0n) is 14.3. The summed E-state index contributed by atoms with van der Waals surface area (Å²) in [6, 6.07) is 16.4. The number of para-hydroxylation sites is 1. The molecule has 2 aromatic rings. The van der Waals surface area contributed by atoms with E-state index >= 15 is 0 Å². The van der Waals surface area contributed by atoms with Crippen LogP contribution in [0.2, 0.25) is 0 Å². The molecule has 6 nitrogen and oxygen atoms in total. The van der Waals surface area contributed by atoms with Crippen LogP contribution in [-0.2, 0) is 9.59 Å². The summed E-state index contributed by atoms with van der Waals surface area (Å²) in [6.45, 7) is 3.58. The average molecular weight is 342 g/mol. The Bertz CT molecular complexity index is 704. The zero-order valence-corrected chi connectivity index (χ0v) is 14.3. The van der Waals surface area contributed by atoms with Gasteiger partial charge in [0.05, 0.1) is 0 Å². The van der Waals surface area contributed by atoms with Gasteiger partial charge in [0.2, 0.25) is 0 Å². The number of hydrogen-bond acceptors (Lipinski definition) is 4. The third kappa shape index (κ3) is 6.18. The van der Waals surface area contributed by atoms with Crippen LogP contribution in [0, 0.1) is 6.92 Å². The molecule has 2 amide bonds. The van der Waals surface area contributed by atoms with Crippen LogP contribution in [-0.4, -0.2) is 24.5 Å². The molecule has 0 saturated heterocycles. The molecule has 0 fully saturated rings. The standard InChI is InChI=1S/C19H22N2O4/c1-3-17(25-16-11-7-8-14(2)12-16)19(23)21-20-18(22)13-24-15-9-5-4-6-10-15/h4-12,17H,3,13H2,1-2H3,(H,20,22)(H,21,23). The van der Waals surface area contributed by atoms with E-state index in [0.29, 0.717) is 17.9 Å². The van der Waals surface area contributed by atoms with E-state index in [9.17, 15) is 9.59 Å². The minimum Gasteiger partial charge on any atom is -0.484 e. The highest BCUT2D eigenvalue weighted by Gasteiger charge is 2.19. The van der Waals surface area contributed by atoms with Gasteiger partial charge in [-0.2, -0.15) is 0 Å². The lowest BCUT2D eigenvalue weighted by molar-refractivity contribution is -0.134. The molecular weight excluding hydrogens is 320 g/mol. The van der Waals surface area contributed by atoms with Gasteiger partial charge < -0.3 is 9.47 Å². The molecule has 0 heterocycles. The summed E-state index contributed by atoms with van der Waals surface area (Å²) in [5.41, 5.74) is 5.72. The molecule has 0 saturated carbocycles. The van der Waals surface area contributed by atoms with Gasteiger partial charge >= 0.3 is 0 Å². The lowest BCUT2D eigenvalue weighted by atomic mass is 10.2. The minimum absolute atomic E-state index is 0.195. The third-order valence-corrected chi connectivity index (χ3v) is 3.37. The Morgan fingerprint density at radius 2 is 1.72 bits per heavy atom. The van der Waals surface area contributed by atoms with E-state index in [1.807, 2.05) is 50.2 Å². The van der Waals surface area contributed by atoms with Crippen LogP contribution < -0.4 is 20.3 Å². The van der Waals surface area contributed by atoms with Crippen molar-refractivity contribution in [1.29, 1.82) is 0 Å². The molecule has 2 aromatic carbocycles. The maximum absolute atomic E-state index is 12.2. The van der Waals surface area contributed by atoms with Crippen molar-refractivity contribution in [3.63, 3.8) is 0 Å². The summed E-state index contributed by atoms with van der Waals surface area (Å²) in [5.74, 6) is 0.318. The predicted molar refractivity (Wildman–Crippen MR) is 94.1 cm³/mol. The molecule has 1 unspecified atom stereocenters. The van der Waals surface area contributed by atoms with E-state index in [1.54, 1.807) is 18.2 Å². The third-order valence-electron chi connectivity index (χ3n) is 3.37. The summed E-state index contributed by atoms with van der Waals surface area (Å²) in [7, 11) is 0. The van der Waals surface area contributed by atoms with Crippen molar-refractivity contribution in [1.82, 2.24) is 10.9 Å². The van der Waals surface area contributed by atoms with Gasteiger partial charge in [-0.05, 0) is 43.2 Å². The molecule has 0 spiro atoms. The van der Waals surface area contributed by atoms with Crippen LogP contribution in [0.5, 0.6) is 11.5 Å². The van der Waals surface area contributed by atoms with Crippen LogP contribution >= 0.6 is 0 Å². The number of rotatable bonds is 7. The SMILES string of the molecule is CCC(Oc1cccc(C)c1)C(=O)NNC(=O)COc1ccccc1. The van der Waals surface area contributed by atoms with Crippen molar-refractivity contribution in [3.05, 3.63) is 60.2 Å². The number of aryl methyl sites for hydroxylation is 1. The number of hydrogen-bond donors (Lipinski definition) is 2. The van der Waals surface area contributed by atoms with Gasteiger partial charge in [-0.25, -0.2) is 0 Å². The quantitative estimate of drug-likeness (QED) is 0.758. The van der Waals surface area contributed by atoms with E-state index in [0.717, 1.165) is 5.56 Å². The van der Waals surface area contributed by atoms with E-state index in [2.05, 4.69) is 10.9 Å². The minimum atomic E-state index is -0.697. The Labute approximate surface area is 147 Å². The molecule has 1 atom stereocenters.